The molecule has 0 radical (unpaired) electrons. The average Bonchev–Trinajstić information content (AvgIpc) is 2.78. The van der Waals surface area contributed by atoms with E-state index in [1.807, 2.05) is 31.2 Å². The molecule has 2 rings (SSSR count). The Labute approximate surface area is 107 Å². The highest BCUT2D eigenvalue weighted by atomic mass is 19.4. The second-order valence-electron chi connectivity index (χ2n) is 4.27. The van der Waals surface area contributed by atoms with Crippen molar-refractivity contribution in [2.75, 3.05) is 0 Å². The summed E-state index contributed by atoms with van der Waals surface area (Å²) >= 11 is 0. The number of alkyl halides is 3. The second kappa shape index (κ2) is 5.00. The van der Waals surface area contributed by atoms with Gasteiger partial charge in [0.25, 0.3) is 0 Å². The van der Waals surface area contributed by atoms with Gasteiger partial charge in [-0.15, -0.1) is 5.10 Å². The summed E-state index contributed by atoms with van der Waals surface area (Å²) in [7, 11) is 0. The lowest BCUT2D eigenvalue weighted by atomic mass is 10.1. The second-order valence-corrected chi connectivity index (χ2v) is 4.27. The van der Waals surface area contributed by atoms with Crippen LogP contribution in [0.1, 0.15) is 22.9 Å². The van der Waals surface area contributed by atoms with Crippen LogP contribution in [0.3, 0.4) is 0 Å². The molecule has 1 aromatic heterocycles. The van der Waals surface area contributed by atoms with Crippen LogP contribution in [0.25, 0.3) is 0 Å². The SMILES string of the molecule is Cc1ccc(Cn2cc(C(O)C(F)(F)F)nn2)cc1. The Morgan fingerprint density at radius 3 is 2.47 bits per heavy atom. The topological polar surface area (TPSA) is 50.9 Å². The van der Waals surface area contributed by atoms with Crippen LogP contribution in [-0.4, -0.2) is 26.3 Å². The molecule has 1 atom stereocenters. The molecular formula is C12H12F3N3O. The number of aliphatic hydroxyl groups excluding tert-OH is 1. The number of aromatic nitrogens is 3. The molecule has 102 valence electrons. The molecule has 0 aliphatic rings. The minimum Gasteiger partial charge on any atom is -0.378 e. The molecule has 1 unspecified atom stereocenters. The lowest BCUT2D eigenvalue weighted by Gasteiger charge is -2.10. The number of aliphatic hydroxyl groups is 1. The molecule has 2 aromatic rings. The van der Waals surface area contributed by atoms with Crippen molar-refractivity contribution in [2.24, 2.45) is 0 Å². The summed E-state index contributed by atoms with van der Waals surface area (Å²) in [4.78, 5) is 0. The standard InChI is InChI=1S/C12H12F3N3O/c1-8-2-4-9(5-3-8)6-18-7-10(16-17-18)11(19)12(13,14)15/h2-5,7,11,19H,6H2,1H3. The number of aryl methyl sites for hydroxylation is 1. The zero-order valence-corrected chi connectivity index (χ0v) is 10.1. The van der Waals surface area contributed by atoms with Gasteiger partial charge in [0.2, 0.25) is 0 Å². The van der Waals surface area contributed by atoms with Crippen LogP contribution in [0.5, 0.6) is 0 Å². The number of nitrogens with zero attached hydrogens (tertiary/aromatic N) is 3. The van der Waals surface area contributed by atoms with Crippen LogP contribution in [0.4, 0.5) is 13.2 Å². The van der Waals surface area contributed by atoms with E-state index in [1.54, 1.807) is 0 Å². The van der Waals surface area contributed by atoms with E-state index < -0.39 is 18.0 Å². The first-order valence-electron chi connectivity index (χ1n) is 5.56. The normalized spacial score (nSPS) is 13.5. The number of hydrogen-bond donors (Lipinski definition) is 1. The first-order chi connectivity index (χ1) is 8.86. The van der Waals surface area contributed by atoms with Crippen molar-refractivity contribution in [1.29, 1.82) is 0 Å². The fourth-order valence-corrected chi connectivity index (χ4v) is 1.56. The van der Waals surface area contributed by atoms with Gasteiger partial charge in [-0.1, -0.05) is 35.0 Å². The van der Waals surface area contributed by atoms with Crippen LogP contribution in [-0.2, 0) is 6.54 Å². The summed E-state index contributed by atoms with van der Waals surface area (Å²) in [5, 5.41) is 15.9. The average molecular weight is 271 g/mol. The lowest BCUT2D eigenvalue weighted by molar-refractivity contribution is -0.208. The molecule has 0 spiro atoms. The predicted molar refractivity (Wildman–Crippen MR) is 61.3 cm³/mol. The molecule has 0 amide bonds. The van der Waals surface area contributed by atoms with Gasteiger partial charge in [0.1, 0.15) is 5.69 Å². The fourth-order valence-electron chi connectivity index (χ4n) is 1.56. The monoisotopic (exact) mass is 271 g/mol. The quantitative estimate of drug-likeness (QED) is 0.931. The molecule has 1 aromatic carbocycles. The molecular weight excluding hydrogens is 259 g/mol. The van der Waals surface area contributed by atoms with Gasteiger partial charge in [-0.25, -0.2) is 4.68 Å². The summed E-state index contributed by atoms with van der Waals surface area (Å²) in [5.74, 6) is 0. The number of benzene rings is 1. The molecule has 0 bridgehead atoms. The minimum atomic E-state index is -4.73. The summed E-state index contributed by atoms with van der Waals surface area (Å²) < 4.78 is 38.1. The van der Waals surface area contributed by atoms with Crippen molar-refractivity contribution in [3.8, 4) is 0 Å². The fraction of sp³-hybridized carbons (Fsp3) is 0.333. The summed E-state index contributed by atoms with van der Waals surface area (Å²) in [5.41, 5.74) is 1.48. The third kappa shape index (κ3) is 3.31. The van der Waals surface area contributed by atoms with Crippen molar-refractivity contribution in [3.05, 3.63) is 47.3 Å². The Balaban J connectivity index is 2.11. The minimum absolute atomic E-state index is 0.303. The molecule has 0 saturated carbocycles. The van der Waals surface area contributed by atoms with Crippen molar-refractivity contribution in [2.45, 2.75) is 25.7 Å². The van der Waals surface area contributed by atoms with Crippen LogP contribution in [0.15, 0.2) is 30.5 Å². The van der Waals surface area contributed by atoms with E-state index in [0.717, 1.165) is 17.3 Å². The van der Waals surface area contributed by atoms with Crippen molar-refractivity contribution in [1.82, 2.24) is 15.0 Å². The highest BCUT2D eigenvalue weighted by Crippen LogP contribution is 2.30. The molecule has 0 saturated heterocycles. The third-order valence-electron chi connectivity index (χ3n) is 2.61. The molecule has 0 fully saturated rings. The van der Waals surface area contributed by atoms with Gasteiger partial charge >= 0.3 is 6.18 Å². The van der Waals surface area contributed by atoms with Gasteiger partial charge in [0.05, 0.1) is 12.7 Å². The van der Waals surface area contributed by atoms with Crippen LogP contribution < -0.4 is 0 Å². The third-order valence-corrected chi connectivity index (χ3v) is 2.61. The van der Waals surface area contributed by atoms with Gasteiger partial charge in [-0.2, -0.15) is 13.2 Å². The molecule has 7 heteroatoms. The highest BCUT2D eigenvalue weighted by molar-refractivity contribution is 5.21. The van der Waals surface area contributed by atoms with Crippen LogP contribution >= 0.6 is 0 Å². The first-order valence-corrected chi connectivity index (χ1v) is 5.56. The van der Waals surface area contributed by atoms with Gasteiger partial charge in [-0.05, 0) is 12.5 Å². The Kier molecular flexibility index (Phi) is 3.57. The van der Waals surface area contributed by atoms with E-state index in [1.165, 1.54) is 4.68 Å². The Hall–Kier alpha value is -1.89. The molecule has 19 heavy (non-hydrogen) atoms. The van der Waals surface area contributed by atoms with E-state index >= 15 is 0 Å². The van der Waals surface area contributed by atoms with Crippen molar-refractivity contribution < 1.29 is 18.3 Å². The highest BCUT2D eigenvalue weighted by Gasteiger charge is 2.41. The molecule has 1 heterocycles. The zero-order chi connectivity index (χ0) is 14.0. The summed E-state index contributed by atoms with van der Waals surface area (Å²) in [6, 6.07) is 7.52. The van der Waals surface area contributed by atoms with Crippen molar-refractivity contribution >= 4 is 0 Å². The maximum absolute atomic E-state index is 12.3. The van der Waals surface area contributed by atoms with Gasteiger partial charge in [0, 0.05) is 0 Å². The Morgan fingerprint density at radius 1 is 1.26 bits per heavy atom. The van der Waals surface area contributed by atoms with E-state index in [2.05, 4.69) is 10.3 Å². The number of hydrogen-bond acceptors (Lipinski definition) is 3. The summed E-state index contributed by atoms with van der Waals surface area (Å²) in [6.07, 6.45) is -6.23. The number of halogens is 3. The molecule has 0 aliphatic heterocycles. The lowest BCUT2D eigenvalue weighted by Crippen LogP contribution is -2.20. The van der Waals surface area contributed by atoms with E-state index in [9.17, 15) is 13.2 Å². The summed E-state index contributed by atoms with van der Waals surface area (Å²) in [6.45, 7) is 2.24. The van der Waals surface area contributed by atoms with Gasteiger partial charge in [0.15, 0.2) is 6.10 Å². The maximum atomic E-state index is 12.3. The van der Waals surface area contributed by atoms with Crippen LogP contribution in [0.2, 0.25) is 0 Å². The van der Waals surface area contributed by atoms with Gasteiger partial charge in [-0.3, -0.25) is 0 Å². The Morgan fingerprint density at radius 2 is 1.89 bits per heavy atom. The molecule has 0 aliphatic carbocycles. The van der Waals surface area contributed by atoms with Crippen molar-refractivity contribution in [3.63, 3.8) is 0 Å². The maximum Gasteiger partial charge on any atom is 0.420 e. The predicted octanol–water partition coefficient (Wildman–Crippen LogP) is 2.23. The molecule has 1 N–H and O–H groups in total. The van der Waals surface area contributed by atoms with Crippen LogP contribution in [0, 0.1) is 6.92 Å². The largest absolute Gasteiger partial charge is 0.420 e. The molecule has 4 nitrogen and oxygen atoms in total. The van der Waals surface area contributed by atoms with E-state index in [-0.39, 0.29) is 0 Å². The van der Waals surface area contributed by atoms with E-state index in [4.69, 9.17) is 5.11 Å². The van der Waals surface area contributed by atoms with Gasteiger partial charge < -0.3 is 5.11 Å². The smallest absolute Gasteiger partial charge is 0.378 e. The van der Waals surface area contributed by atoms with E-state index in [0.29, 0.717) is 6.54 Å². The Bertz CT molecular complexity index is 548. The zero-order valence-electron chi connectivity index (χ0n) is 10.1. The first kappa shape index (κ1) is 13.5. The number of rotatable bonds is 3.